The van der Waals surface area contributed by atoms with E-state index in [1.165, 1.54) is 6.20 Å². The molecule has 2 heterocycles. The molecule has 1 aliphatic rings. The van der Waals surface area contributed by atoms with E-state index >= 15 is 0 Å². The molecule has 0 radical (unpaired) electrons. The van der Waals surface area contributed by atoms with Crippen molar-refractivity contribution in [2.45, 2.75) is 33.2 Å². The van der Waals surface area contributed by atoms with Crippen LogP contribution in [0.25, 0.3) is 0 Å². The van der Waals surface area contributed by atoms with Gasteiger partial charge in [0.25, 0.3) is 5.91 Å². The summed E-state index contributed by atoms with van der Waals surface area (Å²) in [6.45, 7) is 5.53. The van der Waals surface area contributed by atoms with E-state index in [9.17, 15) is 24.3 Å². The van der Waals surface area contributed by atoms with Crippen LogP contribution in [0.5, 0.6) is 0 Å². The number of rotatable bonds is 9. The number of carboxylic acid groups (broad SMARTS) is 1. The maximum Gasteiger partial charge on any atom is 0.416 e. The fourth-order valence-corrected chi connectivity index (χ4v) is 3.85. The van der Waals surface area contributed by atoms with Crippen LogP contribution in [0.15, 0.2) is 53.7 Å². The molecular weight excluding hydrogens is 452 g/mol. The molecule has 1 aliphatic heterocycles. The normalized spacial score (nSPS) is 15.5. The van der Waals surface area contributed by atoms with Crippen molar-refractivity contribution in [2.75, 3.05) is 18.5 Å². The second-order valence-electron chi connectivity index (χ2n) is 8.48. The molecule has 3 amide bonds. The molecule has 10 heteroatoms. The molecule has 2 N–H and O–H groups in total. The van der Waals surface area contributed by atoms with Crippen LogP contribution in [0.2, 0.25) is 0 Å². The maximum atomic E-state index is 12.7. The highest BCUT2D eigenvalue weighted by molar-refractivity contribution is 6.10. The zero-order valence-electron chi connectivity index (χ0n) is 19.8. The molecule has 0 bridgehead atoms. The SMILES string of the molecule is CC(=N[C@@H](C(=O)O)[C@@H](CC(=O)N1CCOC1=O)C(C)C)c1ccccc1NC(=O)c1ccccn1. The molecule has 35 heavy (non-hydrogen) atoms. The number of anilines is 1. The van der Waals surface area contributed by atoms with Gasteiger partial charge in [-0.1, -0.05) is 38.1 Å². The van der Waals surface area contributed by atoms with Crippen molar-refractivity contribution in [3.63, 3.8) is 0 Å². The smallest absolute Gasteiger partial charge is 0.416 e. The molecule has 1 fully saturated rings. The van der Waals surface area contributed by atoms with E-state index in [4.69, 9.17) is 4.74 Å². The largest absolute Gasteiger partial charge is 0.480 e. The van der Waals surface area contributed by atoms with Crippen molar-refractivity contribution < 1.29 is 29.0 Å². The van der Waals surface area contributed by atoms with Crippen LogP contribution in [-0.2, 0) is 14.3 Å². The summed E-state index contributed by atoms with van der Waals surface area (Å²) in [5.41, 5.74) is 1.61. The van der Waals surface area contributed by atoms with E-state index in [0.717, 1.165) is 4.90 Å². The van der Waals surface area contributed by atoms with Crippen LogP contribution in [-0.4, -0.2) is 63.8 Å². The van der Waals surface area contributed by atoms with E-state index in [0.29, 0.717) is 17.0 Å². The highest BCUT2D eigenvalue weighted by atomic mass is 16.6. The second kappa shape index (κ2) is 11.4. The van der Waals surface area contributed by atoms with E-state index in [2.05, 4.69) is 15.3 Å². The lowest BCUT2D eigenvalue weighted by Crippen LogP contribution is -2.39. The summed E-state index contributed by atoms with van der Waals surface area (Å²) in [5, 5.41) is 12.8. The lowest BCUT2D eigenvalue weighted by Gasteiger charge is -2.26. The number of carbonyl (C=O) groups is 4. The van der Waals surface area contributed by atoms with Crippen LogP contribution < -0.4 is 5.32 Å². The van der Waals surface area contributed by atoms with E-state index < -0.39 is 35.8 Å². The van der Waals surface area contributed by atoms with Crippen molar-refractivity contribution in [2.24, 2.45) is 16.8 Å². The van der Waals surface area contributed by atoms with Gasteiger partial charge in [0, 0.05) is 29.8 Å². The Hall–Kier alpha value is -4.08. The molecule has 0 aliphatic carbocycles. The Morgan fingerprint density at radius 1 is 1.17 bits per heavy atom. The highest BCUT2D eigenvalue weighted by Gasteiger charge is 2.36. The minimum Gasteiger partial charge on any atom is -0.480 e. The van der Waals surface area contributed by atoms with Gasteiger partial charge in [0.2, 0.25) is 5.91 Å². The number of hydrogen-bond acceptors (Lipinski definition) is 7. The number of aromatic nitrogens is 1. The first-order valence-electron chi connectivity index (χ1n) is 11.2. The molecule has 3 rings (SSSR count). The van der Waals surface area contributed by atoms with Gasteiger partial charge < -0.3 is 15.2 Å². The lowest BCUT2D eigenvalue weighted by molar-refractivity contribution is -0.141. The number of nitrogens with one attached hydrogen (secondary N) is 1. The number of amides is 3. The number of carboxylic acids is 1. The fourth-order valence-electron chi connectivity index (χ4n) is 3.85. The number of para-hydroxylation sites is 1. The number of hydrogen-bond donors (Lipinski definition) is 2. The molecule has 2 aromatic rings. The molecule has 184 valence electrons. The number of cyclic esters (lactones) is 1. The number of carbonyl (C=O) groups excluding carboxylic acids is 3. The van der Waals surface area contributed by atoms with Crippen LogP contribution in [0.3, 0.4) is 0 Å². The Morgan fingerprint density at radius 2 is 1.89 bits per heavy atom. The summed E-state index contributed by atoms with van der Waals surface area (Å²) in [6.07, 6.45) is 0.625. The van der Waals surface area contributed by atoms with Gasteiger partial charge in [0.15, 0.2) is 6.04 Å². The monoisotopic (exact) mass is 480 g/mol. The zero-order chi connectivity index (χ0) is 25.5. The first kappa shape index (κ1) is 25.5. The zero-order valence-corrected chi connectivity index (χ0v) is 19.8. The third-order valence-electron chi connectivity index (χ3n) is 5.78. The Labute approximate surface area is 203 Å². The molecule has 0 saturated carbocycles. The first-order chi connectivity index (χ1) is 16.7. The number of benzene rings is 1. The Kier molecular flexibility index (Phi) is 8.30. The van der Waals surface area contributed by atoms with E-state index in [1.54, 1.807) is 49.4 Å². The Balaban J connectivity index is 1.87. The third-order valence-corrected chi connectivity index (χ3v) is 5.78. The topological polar surface area (TPSA) is 138 Å². The van der Waals surface area contributed by atoms with Crippen molar-refractivity contribution >= 4 is 35.3 Å². The maximum absolute atomic E-state index is 12.7. The number of aliphatic carboxylic acids is 1. The number of nitrogens with zero attached hydrogens (tertiary/aromatic N) is 3. The summed E-state index contributed by atoms with van der Waals surface area (Å²) >= 11 is 0. The molecule has 1 aromatic heterocycles. The lowest BCUT2D eigenvalue weighted by atomic mass is 9.85. The summed E-state index contributed by atoms with van der Waals surface area (Å²) in [4.78, 5) is 58.8. The summed E-state index contributed by atoms with van der Waals surface area (Å²) in [7, 11) is 0. The molecule has 10 nitrogen and oxygen atoms in total. The molecule has 0 unspecified atom stereocenters. The Morgan fingerprint density at radius 3 is 2.49 bits per heavy atom. The minimum atomic E-state index is -1.24. The van der Waals surface area contributed by atoms with Crippen molar-refractivity contribution in [1.82, 2.24) is 9.88 Å². The average molecular weight is 481 g/mol. The van der Waals surface area contributed by atoms with Crippen molar-refractivity contribution in [3.8, 4) is 0 Å². The third kappa shape index (κ3) is 6.28. The molecule has 2 atom stereocenters. The van der Waals surface area contributed by atoms with Crippen LogP contribution >= 0.6 is 0 Å². The van der Waals surface area contributed by atoms with Crippen molar-refractivity contribution in [1.29, 1.82) is 0 Å². The van der Waals surface area contributed by atoms with Gasteiger partial charge in [-0.05, 0) is 31.0 Å². The van der Waals surface area contributed by atoms with Gasteiger partial charge >= 0.3 is 12.1 Å². The molecule has 1 saturated heterocycles. The molecular formula is C25H28N4O6. The average Bonchev–Trinajstić information content (AvgIpc) is 3.27. The number of ether oxygens (including phenoxy) is 1. The number of aliphatic imine (C=N–C) groups is 1. The van der Waals surface area contributed by atoms with Gasteiger partial charge in [0.1, 0.15) is 12.3 Å². The molecule has 1 aromatic carbocycles. The predicted octanol–water partition coefficient (Wildman–Crippen LogP) is 3.24. The summed E-state index contributed by atoms with van der Waals surface area (Å²) in [5.74, 6) is -2.97. The summed E-state index contributed by atoms with van der Waals surface area (Å²) in [6, 6.07) is 10.7. The van der Waals surface area contributed by atoms with Gasteiger partial charge in [-0.3, -0.25) is 19.6 Å². The first-order valence-corrected chi connectivity index (χ1v) is 11.2. The van der Waals surface area contributed by atoms with Gasteiger partial charge in [-0.15, -0.1) is 0 Å². The standard InChI is InChI=1S/C25H28N4O6/c1-15(2)18(14-21(30)29-12-13-35-25(29)34)22(24(32)33)27-16(3)17-8-4-5-9-19(17)28-23(31)20-10-6-7-11-26-20/h4-11,15,18,22H,12-14H2,1-3H3,(H,28,31)(H,32,33)/t18-,22+/m0/s1. The quantitative estimate of drug-likeness (QED) is 0.525. The Bertz CT molecular complexity index is 1130. The van der Waals surface area contributed by atoms with Crippen LogP contribution in [0.4, 0.5) is 10.5 Å². The second-order valence-corrected chi connectivity index (χ2v) is 8.48. The molecule has 0 spiro atoms. The van der Waals surface area contributed by atoms with Crippen molar-refractivity contribution in [3.05, 3.63) is 59.9 Å². The summed E-state index contributed by atoms with van der Waals surface area (Å²) < 4.78 is 4.82. The number of imide groups is 1. The van der Waals surface area contributed by atoms with Gasteiger partial charge in [-0.2, -0.15) is 0 Å². The fraction of sp³-hybridized carbons (Fsp3) is 0.360. The van der Waals surface area contributed by atoms with Gasteiger partial charge in [-0.25, -0.2) is 14.5 Å². The highest BCUT2D eigenvalue weighted by Crippen LogP contribution is 2.26. The van der Waals surface area contributed by atoms with Crippen LogP contribution in [0.1, 0.15) is 43.2 Å². The van der Waals surface area contributed by atoms with Gasteiger partial charge in [0.05, 0.1) is 12.2 Å². The van der Waals surface area contributed by atoms with Crippen LogP contribution in [0, 0.1) is 11.8 Å². The van der Waals surface area contributed by atoms with E-state index in [1.807, 2.05) is 13.8 Å². The number of pyridine rings is 1. The predicted molar refractivity (Wildman–Crippen MR) is 128 cm³/mol. The van der Waals surface area contributed by atoms with E-state index in [-0.39, 0.29) is 31.2 Å². The minimum absolute atomic E-state index is 0.123.